The standard InChI is InChI=1S/C24H20ClN5O5/c1-24(17-8-3-2-4-9-17)22(32)29(23(33)27-24)28-21(31)15-11-12-19(20(13-15)30(34)35)26-14-16-7-5-6-10-18(16)25/h2-13,26H,14H2,1H3,(H,27,33)(H,28,31). The Morgan fingerprint density at radius 2 is 1.77 bits per heavy atom. The highest BCUT2D eigenvalue weighted by Crippen LogP contribution is 2.29. The molecule has 1 atom stereocenters. The van der Waals surface area contributed by atoms with Gasteiger partial charge in [-0.15, -0.1) is 0 Å². The van der Waals surface area contributed by atoms with Crippen molar-refractivity contribution in [2.24, 2.45) is 0 Å². The Hall–Kier alpha value is -4.44. The summed E-state index contributed by atoms with van der Waals surface area (Å²) in [5.41, 5.74) is 1.88. The molecule has 1 aliphatic rings. The number of nitro benzene ring substituents is 1. The number of hydrogen-bond donors (Lipinski definition) is 3. The van der Waals surface area contributed by atoms with E-state index in [1.165, 1.54) is 19.1 Å². The molecule has 4 amide bonds. The number of benzene rings is 3. The summed E-state index contributed by atoms with van der Waals surface area (Å²) in [6, 6.07) is 18.6. The normalized spacial score (nSPS) is 17.1. The van der Waals surface area contributed by atoms with Crippen LogP contribution in [0.3, 0.4) is 0 Å². The van der Waals surface area contributed by atoms with Crippen molar-refractivity contribution in [3.05, 3.63) is 105 Å². The Bertz CT molecular complexity index is 1330. The fourth-order valence-corrected chi connectivity index (χ4v) is 3.88. The fourth-order valence-electron chi connectivity index (χ4n) is 3.68. The molecule has 3 aromatic carbocycles. The van der Waals surface area contributed by atoms with Gasteiger partial charge >= 0.3 is 6.03 Å². The molecular weight excluding hydrogens is 474 g/mol. The van der Waals surface area contributed by atoms with Crippen molar-refractivity contribution in [3.8, 4) is 0 Å². The van der Waals surface area contributed by atoms with Crippen LogP contribution in [-0.2, 0) is 16.9 Å². The van der Waals surface area contributed by atoms with Gasteiger partial charge in [-0.1, -0.05) is 60.1 Å². The summed E-state index contributed by atoms with van der Waals surface area (Å²) in [6.07, 6.45) is 0. The van der Waals surface area contributed by atoms with Gasteiger partial charge in [0.25, 0.3) is 17.5 Å². The van der Waals surface area contributed by atoms with E-state index in [0.717, 1.165) is 11.6 Å². The number of urea groups is 1. The largest absolute Gasteiger partial charge is 0.375 e. The van der Waals surface area contributed by atoms with Crippen molar-refractivity contribution < 1.29 is 19.3 Å². The minimum Gasteiger partial charge on any atom is -0.375 e. The fraction of sp³-hybridized carbons (Fsp3) is 0.125. The molecule has 0 saturated carbocycles. The van der Waals surface area contributed by atoms with Gasteiger partial charge in [-0.2, -0.15) is 5.01 Å². The number of hydrogen-bond acceptors (Lipinski definition) is 6. The van der Waals surface area contributed by atoms with Crippen LogP contribution in [0.5, 0.6) is 0 Å². The number of amides is 4. The maximum atomic E-state index is 13.0. The molecule has 1 fully saturated rings. The molecule has 4 rings (SSSR count). The van der Waals surface area contributed by atoms with E-state index in [0.29, 0.717) is 15.6 Å². The van der Waals surface area contributed by atoms with Crippen molar-refractivity contribution in [3.63, 3.8) is 0 Å². The van der Waals surface area contributed by atoms with Crippen LogP contribution in [0.15, 0.2) is 72.8 Å². The van der Waals surface area contributed by atoms with Crippen molar-refractivity contribution in [1.82, 2.24) is 15.8 Å². The minimum atomic E-state index is -1.37. The number of anilines is 1. The summed E-state index contributed by atoms with van der Waals surface area (Å²) in [7, 11) is 0. The van der Waals surface area contributed by atoms with Crippen LogP contribution in [0.4, 0.5) is 16.2 Å². The SMILES string of the molecule is CC1(c2ccccc2)NC(=O)N(NC(=O)c2ccc(NCc3ccccc3Cl)c([N+](=O)[O-])c2)C1=O. The quantitative estimate of drug-likeness (QED) is 0.259. The minimum absolute atomic E-state index is 0.103. The van der Waals surface area contributed by atoms with E-state index >= 15 is 0 Å². The number of nitrogens with one attached hydrogen (secondary N) is 3. The van der Waals surface area contributed by atoms with Gasteiger partial charge < -0.3 is 10.6 Å². The highest BCUT2D eigenvalue weighted by Gasteiger charge is 2.50. The zero-order chi connectivity index (χ0) is 25.2. The van der Waals surface area contributed by atoms with E-state index in [1.807, 2.05) is 0 Å². The molecule has 0 aromatic heterocycles. The van der Waals surface area contributed by atoms with E-state index < -0.39 is 28.3 Å². The maximum Gasteiger partial charge on any atom is 0.344 e. The highest BCUT2D eigenvalue weighted by molar-refractivity contribution is 6.31. The van der Waals surface area contributed by atoms with Gasteiger partial charge in [0.15, 0.2) is 0 Å². The molecular formula is C24H20ClN5O5. The van der Waals surface area contributed by atoms with Gasteiger partial charge in [0.2, 0.25) is 0 Å². The first kappa shape index (κ1) is 23.7. The Labute approximate surface area is 205 Å². The Morgan fingerprint density at radius 3 is 2.46 bits per heavy atom. The van der Waals surface area contributed by atoms with Crippen molar-refractivity contribution in [2.45, 2.75) is 19.0 Å². The molecule has 0 aliphatic carbocycles. The molecule has 3 N–H and O–H groups in total. The molecule has 0 spiro atoms. The average Bonchev–Trinajstić information content (AvgIpc) is 3.07. The topological polar surface area (TPSA) is 134 Å². The molecule has 11 heteroatoms. The van der Waals surface area contributed by atoms with Crippen molar-refractivity contribution >= 4 is 40.8 Å². The van der Waals surface area contributed by atoms with Crippen LogP contribution < -0.4 is 16.1 Å². The second-order valence-electron chi connectivity index (χ2n) is 7.94. The third-order valence-electron chi connectivity index (χ3n) is 5.64. The first-order chi connectivity index (χ1) is 16.7. The maximum absolute atomic E-state index is 13.0. The van der Waals surface area contributed by atoms with Crippen LogP contribution >= 0.6 is 11.6 Å². The number of halogens is 1. The van der Waals surface area contributed by atoms with E-state index in [9.17, 15) is 24.5 Å². The molecule has 1 unspecified atom stereocenters. The molecule has 0 bridgehead atoms. The molecule has 3 aromatic rings. The predicted molar refractivity (Wildman–Crippen MR) is 129 cm³/mol. The van der Waals surface area contributed by atoms with Crippen LogP contribution in [0.25, 0.3) is 0 Å². The van der Waals surface area contributed by atoms with E-state index in [2.05, 4.69) is 16.1 Å². The first-order valence-corrected chi connectivity index (χ1v) is 10.9. The van der Waals surface area contributed by atoms with Gasteiger partial charge in [-0.05, 0) is 36.2 Å². The number of hydrazine groups is 1. The summed E-state index contributed by atoms with van der Waals surface area (Å²) in [4.78, 5) is 49.3. The van der Waals surface area contributed by atoms with Gasteiger partial charge in [-0.3, -0.25) is 25.1 Å². The van der Waals surface area contributed by atoms with Gasteiger partial charge in [-0.25, -0.2) is 4.79 Å². The Kier molecular flexibility index (Phi) is 6.39. The highest BCUT2D eigenvalue weighted by atomic mass is 35.5. The van der Waals surface area contributed by atoms with Crippen molar-refractivity contribution in [2.75, 3.05) is 5.32 Å². The second-order valence-corrected chi connectivity index (χ2v) is 8.34. The lowest BCUT2D eigenvalue weighted by Crippen LogP contribution is -2.47. The zero-order valence-electron chi connectivity index (χ0n) is 18.4. The Balaban J connectivity index is 1.52. The first-order valence-electron chi connectivity index (χ1n) is 10.5. The number of carbonyl (C=O) groups is 3. The number of carbonyl (C=O) groups excluding carboxylic acids is 3. The summed E-state index contributed by atoms with van der Waals surface area (Å²) in [6.45, 7) is 1.76. The molecule has 0 radical (unpaired) electrons. The molecule has 35 heavy (non-hydrogen) atoms. The van der Waals surface area contributed by atoms with Gasteiger partial charge in [0.1, 0.15) is 11.2 Å². The summed E-state index contributed by atoms with van der Waals surface area (Å²) >= 11 is 6.13. The monoisotopic (exact) mass is 493 g/mol. The summed E-state index contributed by atoms with van der Waals surface area (Å²) in [5.74, 6) is -1.54. The third-order valence-corrected chi connectivity index (χ3v) is 6.01. The molecule has 1 saturated heterocycles. The van der Waals surface area contributed by atoms with E-state index in [1.54, 1.807) is 54.6 Å². The summed E-state index contributed by atoms with van der Waals surface area (Å²) < 4.78 is 0. The number of imide groups is 1. The van der Waals surface area contributed by atoms with Crippen LogP contribution in [0.2, 0.25) is 5.02 Å². The lowest BCUT2D eigenvalue weighted by molar-refractivity contribution is -0.384. The zero-order valence-corrected chi connectivity index (χ0v) is 19.2. The van der Waals surface area contributed by atoms with Gasteiger partial charge in [0.05, 0.1) is 4.92 Å². The molecule has 10 nitrogen and oxygen atoms in total. The number of rotatable bonds is 7. The number of nitro groups is 1. The number of nitrogens with zero attached hydrogens (tertiary/aromatic N) is 2. The van der Waals surface area contributed by atoms with Crippen LogP contribution in [0.1, 0.15) is 28.4 Å². The lowest BCUT2D eigenvalue weighted by Gasteiger charge is -2.22. The van der Waals surface area contributed by atoms with E-state index in [-0.39, 0.29) is 23.5 Å². The second kappa shape index (κ2) is 9.43. The lowest BCUT2D eigenvalue weighted by atomic mass is 9.92. The smallest absolute Gasteiger partial charge is 0.344 e. The molecule has 1 heterocycles. The molecule has 178 valence electrons. The Morgan fingerprint density at radius 1 is 1.09 bits per heavy atom. The molecule has 1 aliphatic heterocycles. The van der Waals surface area contributed by atoms with E-state index in [4.69, 9.17) is 11.6 Å². The third kappa shape index (κ3) is 4.64. The average molecular weight is 494 g/mol. The van der Waals surface area contributed by atoms with Crippen molar-refractivity contribution in [1.29, 1.82) is 0 Å². The summed E-state index contributed by atoms with van der Waals surface area (Å²) in [5, 5.41) is 18.2. The van der Waals surface area contributed by atoms with Crippen LogP contribution in [0, 0.1) is 10.1 Å². The predicted octanol–water partition coefficient (Wildman–Crippen LogP) is 3.97. The van der Waals surface area contributed by atoms with Crippen LogP contribution in [-0.4, -0.2) is 27.8 Å². The van der Waals surface area contributed by atoms with Gasteiger partial charge in [0, 0.05) is 23.2 Å².